The zero-order valence-corrected chi connectivity index (χ0v) is 12.8. The molecular weight excluding hydrogens is 276 g/mol. The summed E-state index contributed by atoms with van der Waals surface area (Å²) in [6, 6.07) is 14.7. The predicted molar refractivity (Wildman–Crippen MR) is 88.9 cm³/mol. The maximum absolute atomic E-state index is 12.0. The first kappa shape index (κ1) is 15.9. The topological polar surface area (TPSA) is 64.3 Å². The molecule has 2 rings (SSSR count). The second-order valence-corrected chi connectivity index (χ2v) is 5.15. The molecule has 0 aromatic heterocycles. The molecule has 0 heterocycles. The summed E-state index contributed by atoms with van der Waals surface area (Å²) in [5.41, 5.74) is 7.87. The second kappa shape index (κ2) is 8.08. The fourth-order valence-electron chi connectivity index (χ4n) is 2.00. The number of nitrogens with one attached hydrogen (secondary N) is 1. The molecule has 0 aliphatic rings. The van der Waals surface area contributed by atoms with Crippen LogP contribution < -0.4 is 15.8 Å². The highest BCUT2D eigenvalue weighted by Gasteiger charge is 2.05. The number of anilines is 1. The van der Waals surface area contributed by atoms with Crippen LogP contribution in [0.1, 0.15) is 35.7 Å². The van der Waals surface area contributed by atoms with Crippen LogP contribution in [0.5, 0.6) is 5.75 Å². The number of unbranched alkanes of at least 4 members (excludes halogenated alkanes) is 1. The van der Waals surface area contributed by atoms with Gasteiger partial charge >= 0.3 is 0 Å². The van der Waals surface area contributed by atoms with E-state index < -0.39 is 0 Å². The molecular formula is C18H22N2O2. The van der Waals surface area contributed by atoms with Crippen molar-refractivity contribution in [3.05, 3.63) is 59.7 Å². The standard InChI is InChI=1S/C18H22N2O2/c1-2-3-11-22-17-6-4-5-14(12-17)13-20-18(21)15-7-9-16(19)10-8-15/h4-10,12H,2-3,11,13,19H2,1H3,(H,20,21). The lowest BCUT2D eigenvalue weighted by molar-refractivity contribution is 0.0951. The lowest BCUT2D eigenvalue weighted by Crippen LogP contribution is -2.22. The van der Waals surface area contributed by atoms with Crippen molar-refractivity contribution in [3.8, 4) is 5.75 Å². The van der Waals surface area contributed by atoms with Gasteiger partial charge in [-0.05, 0) is 48.4 Å². The Hall–Kier alpha value is -2.49. The Labute approximate surface area is 131 Å². The van der Waals surface area contributed by atoms with E-state index >= 15 is 0 Å². The Morgan fingerprint density at radius 1 is 1.18 bits per heavy atom. The largest absolute Gasteiger partial charge is 0.494 e. The van der Waals surface area contributed by atoms with Crippen molar-refractivity contribution in [2.24, 2.45) is 0 Å². The van der Waals surface area contributed by atoms with Gasteiger partial charge in [0.1, 0.15) is 5.75 Å². The molecule has 4 heteroatoms. The summed E-state index contributed by atoms with van der Waals surface area (Å²) in [7, 11) is 0. The third-order valence-corrected chi connectivity index (χ3v) is 3.29. The van der Waals surface area contributed by atoms with Gasteiger partial charge in [-0.25, -0.2) is 0 Å². The van der Waals surface area contributed by atoms with Crippen LogP contribution in [0.2, 0.25) is 0 Å². The van der Waals surface area contributed by atoms with Crippen LogP contribution in [0.25, 0.3) is 0 Å². The Balaban J connectivity index is 1.89. The molecule has 0 atom stereocenters. The number of hydrogen-bond acceptors (Lipinski definition) is 3. The average Bonchev–Trinajstić information content (AvgIpc) is 2.54. The van der Waals surface area contributed by atoms with Crippen molar-refractivity contribution < 1.29 is 9.53 Å². The first-order valence-corrected chi connectivity index (χ1v) is 7.54. The zero-order valence-electron chi connectivity index (χ0n) is 12.8. The van der Waals surface area contributed by atoms with Gasteiger partial charge < -0.3 is 15.8 Å². The molecule has 22 heavy (non-hydrogen) atoms. The summed E-state index contributed by atoms with van der Waals surface area (Å²) in [6.45, 7) is 3.32. The van der Waals surface area contributed by atoms with Gasteiger partial charge in [-0.2, -0.15) is 0 Å². The van der Waals surface area contributed by atoms with E-state index in [2.05, 4.69) is 12.2 Å². The van der Waals surface area contributed by atoms with E-state index in [9.17, 15) is 4.79 Å². The van der Waals surface area contributed by atoms with Crippen LogP contribution in [0.15, 0.2) is 48.5 Å². The van der Waals surface area contributed by atoms with Crippen molar-refractivity contribution in [1.29, 1.82) is 0 Å². The number of hydrogen-bond donors (Lipinski definition) is 2. The van der Waals surface area contributed by atoms with Crippen LogP contribution in [-0.4, -0.2) is 12.5 Å². The number of nitrogen functional groups attached to an aromatic ring is 1. The fraction of sp³-hybridized carbons (Fsp3) is 0.278. The predicted octanol–water partition coefficient (Wildman–Crippen LogP) is 3.38. The van der Waals surface area contributed by atoms with Crippen molar-refractivity contribution in [2.75, 3.05) is 12.3 Å². The summed E-state index contributed by atoms with van der Waals surface area (Å²) in [5.74, 6) is 0.727. The highest BCUT2D eigenvalue weighted by atomic mass is 16.5. The molecule has 0 aliphatic heterocycles. The summed E-state index contributed by atoms with van der Waals surface area (Å²) >= 11 is 0. The zero-order chi connectivity index (χ0) is 15.8. The number of benzene rings is 2. The normalized spacial score (nSPS) is 10.2. The van der Waals surface area contributed by atoms with Gasteiger partial charge in [0.05, 0.1) is 6.61 Å². The van der Waals surface area contributed by atoms with Gasteiger partial charge in [0.15, 0.2) is 0 Å². The maximum atomic E-state index is 12.0. The molecule has 2 aromatic rings. The minimum Gasteiger partial charge on any atom is -0.494 e. The minimum atomic E-state index is -0.114. The summed E-state index contributed by atoms with van der Waals surface area (Å²) in [6.07, 6.45) is 2.15. The maximum Gasteiger partial charge on any atom is 0.251 e. The van der Waals surface area contributed by atoms with Gasteiger partial charge in [-0.1, -0.05) is 25.5 Å². The fourth-order valence-corrected chi connectivity index (χ4v) is 2.00. The molecule has 0 saturated heterocycles. The molecule has 0 saturated carbocycles. The minimum absolute atomic E-state index is 0.114. The van der Waals surface area contributed by atoms with Gasteiger partial charge in [0, 0.05) is 17.8 Å². The Bertz CT molecular complexity index is 609. The molecule has 1 amide bonds. The van der Waals surface area contributed by atoms with Gasteiger partial charge in [0.25, 0.3) is 5.91 Å². The third kappa shape index (κ3) is 4.81. The highest BCUT2D eigenvalue weighted by Crippen LogP contribution is 2.14. The van der Waals surface area contributed by atoms with Crippen molar-refractivity contribution in [1.82, 2.24) is 5.32 Å². The van der Waals surface area contributed by atoms with Crippen LogP contribution in [0, 0.1) is 0 Å². The third-order valence-electron chi connectivity index (χ3n) is 3.29. The number of ether oxygens (including phenoxy) is 1. The van der Waals surface area contributed by atoms with Crippen molar-refractivity contribution >= 4 is 11.6 Å². The summed E-state index contributed by atoms with van der Waals surface area (Å²) in [4.78, 5) is 12.0. The molecule has 0 radical (unpaired) electrons. The Kier molecular flexibility index (Phi) is 5.83. The van der Waals surface area contributed by atoms with Gasteiger partial charge in [0.2, 0.25) is 0 Å². The van der Waals surface area contributed by atoms with E-state index in [-0.39, 0.29) is 5.91 Å². The first-order valence-electron chi connectivity index (χ1n) is 7.54. The molecule has 0 unspecified atom stereocenters. The van der Waals surface area contributed by atoms with E-state index in [1.165, 1.54) is 0 Å². The average molecular weight is 298 g/mol. The molecule has 0 bridgehead atoms. The summed E-state index contributed by atoms with van der Waals surface area (Å²) < 4.78 is 5.67. The first-order chi connectivity index (χ1) is 10.7. The number of carbonyl (C=O) groups excluding carboxylic acids is 1. The van der Waals surface area contributed by atoms with Gasteiger partial charge in [-0.3, -0.25) is 4.79 Å². The molecule has 116 valence electrons. The quantitative estimate of drug-likeness (QED) is 0.608. The van der Waals surface area contributed by atoms with Crippen molar-refractivity contribution in [2.45, 2.75) is 26.3 Å². The van der Waals surface area contributed by atoms with Gasteiger partial charge in [-0.15, -0.1) is 0 Å². The van der Waals surface area contributed by atoms with E-state index in [4.69, 9.17) is 10.5 Å². The molecule has 0 aliphatic carbocycles. The number of carbonyl (C=O) groups is 1. The summed E-state index contributed by atoms with van der Waals surface area (Å²) in [5, 5.41) is 2.89. The molecule has 3 N–H and O–H groups in total. The lowest BCUT2D eigenvalue weighted by atomic mass is 10.1. The lowest BCUT2D eigenvalue weighted by Gasteiger charge is -2.09. The Morgan fingerprint density at radius 3 is 2.68 bits per heavy atom. The number of rotatable bonds is 7. The van der Waals surface area contributed by atoms with Crippen LogP contribution >= 0.6 is 0 Å². The van der Waals surface area contributed by atoms with Crippen LogP contribution in [-0.2, 0) is 6.54 Å². The Morgan fingerprint density at radius 2 is 1.95 bits per heavy atom. The highest BCUT2D eigenvalue weighted by molar-refractivity contribution is 5.94. The van der Waals surface area contributed by atoms with E-state index in [0.29, 0.717) is 17.8 Å². The van der Waals surface area contributed by atoms with Crippen LogP contribution in [0.3, 0.4) is 0 Å². The monoisotopic (exact) mass is 298 g/mol. The number of nitrogens with two attached hydrogens (primary N) is 1. The molecule has 0 fully saturated rings. The van der Waals surface area contributed by atoms with E-state index in [0.717, 1.165) is 30.8 Å². The van der Waals surface area contributed by atoms with E-state index in [1.807, 2.05) is 24.3 Å². The molecule has 2 aromatic carbocycles. The second-order valence-electron chi connectivity index (χ2n) is 5.15. The van der Waals surface area contributed by atoms with Crippen LogP contribution in [0.4, 0.5) is 5.69 Å². The van der Waals surface area contributed by atoms with E-state index in [1.54, 1.807) is 24.3 Å². The number of amides is 1. The SMILES string of the molecule is CCCCOc1cccc(CNC(=O)c2ccc(N)cc2)c1. The van der Waals surface area contributed by atoms with Crippen molar-refractivity contribution in [3.63, 3.8) is 0 Å². The molecule has 4 nitrogen and oxygen atoms in total. The smallest absolute Gasteiger partial charge is 0.251 e. The molecule has 0 spiro atoms.